The van der Waals surface area contributed by atoms with E-state index < -0.39 is 28.5 Å². The number of para-hydroxylation sites is 1. The average Bonchev–Trinajstić information content (AvgIpc) is 2.88. The lowest BCUT2D eigenvalue weighted by molar-refractivity contribution is -0.140. The molecule has 0 saturated heterocycles. The summed E-state index contributed by atoms with van der Waals surface area (Å²) in [4.78, 5) is 29.1. The highest BCUT2D eigenvalue weighted by Gasteiger charge is 2.33. The van der Waals surface area contributed by atoms with Gasteiger partial charge in [-0.25, -0.2) is 8.42 Å². The summed E-state index contributed by atoms with van der Waals surface area (Å²) >= 11 is 0. The molecule has 0 saturated carbocycles. The number of nitrogens with one attached hydrogen (secondary N) is 1. The van der Waals surface area contributed by atoms with Crippen molar-refractivity contribution in [1.29, 1.82) is 0 Å². The fourth-order valence-electron chi connectivity index (χ4n) is 4.19. The molecule has 0 aliphatic rings. The molecule has 0 aromatic heterocycles. The third-order valence-corrected chi connectivity index (χ3v) is 7.25. The molecule has 3 aromatic rings. The molecule has 0 aliphatic carbocycles. The SMILES string of the molecule is Cc1cccc(CN(C(=O)CN(c2ccccc2)S(C)(=O)=O)C(Cc2ccccc2)C(=O)NCC(C)C)c1. The van der Waals surface area contributed by atoms with E-state index in [0.29, 0.717) is 18.7 Å². The van der Waals surface area contributed by atoms with Crippen molar-refractivity contribution in [3.8, 4) is 0 Å². The second kappa shape index (κ2) is 13.2. The van der Waals surface area contributed by atoms with E-state index in [-0.39, 0.29) is 18.4 Å². The quantitative estimate of drug-likeness (QED) is 0.377. The van der Waals surface area contributed by atoms with Crippen LogP contribution in [-0.2, 0) is 32.6 Å². The monoisotopic (exact) mass is 535 g/mol. The van der Waals surface area contributed by atoms with Gasteiger partial charge in [0.2, 0.25) is 21.8 Å². The first-order valence-corrected chi connectivity index (χ1v) is 14.6. The van der Waals surface area contributed by atoms with Crippen LogP contribution in [0, 0.1) is 12.8 Å². The van der Waals surface area contributed by atoms with Gasteiger partial charge in [0.1, 0.15) is 12.6 Å². The second-order valence-corrected chi connectivity index (χ2v) is 11.9. The number of carbonyl (C=O) groups excluding carboxylic acids is 2. The van der Waals surface area contributed by atoms with Gasteiger partial charge in [-0.15, -0.1) is 0 Å². The third-order valence-electron chi connectivity index (χ3n) is 6.11. The van der Waals surface area contributed by atoms with Crippen LogP contribution in [0.25, 0.3) is 0 Å². The largest absolute Gasteiger partial charge is 0.354 e. The molecule has 0 spiro atoms. The van der Waals surface area contributed by atoms with E-state index in [0.717, 1.165) is 27.3 Å². The summed E-state index contributed by atoms with van der Waals surface area (Å²) in [6, 6.07) is 25.0. The molecule has 1 unspecified atom stereocenters. The summed E-state index contributed by atoms with van der Waals surface area (Å²) < 4.78 is 26.6. The van der Waals surface area contributed by atoms with Crippen molar-refractivity contribution in [2.75, 3.05) is 23.7 Å². The van der Waals surface area contributed by atoms with Gasteiger partial charge in [0.05, 0.1) is 11.9 Å². The van der Waals surface area contributed by atoms with Gasteiger partial charge >= 0.3 is 0 Å². The van der Waals surface area contributed by atoms with E-state index in [9.17, 15) is 18.0 Å². The Hall–Kier alpha value is -3.65. The summed E-state index contributed by atoms with van der Waals surface area (Å²) in [6.07, 6.45) is 1.38. The van der Waals surface area contributed by atoms with Crippen molar-refractivity contribution in [3.63, 3.8) is 0 Å². The van der Waals surface area contributed by atoms with Crippen LogP contribution in [0.1, 0.15) is 30.5 Å². The highest BCUT2D eigenvalue weighted by atomic mass is 32.2. The minimum Gasteiger partial charge on any atom is -0.354 e. The van der Waals surface area contributed by atoms with Crippen molar-refractivity contribution >= 4 is 27.5 Å². The predicted molar refractivity (Wildman–Crippen MR) is 152 cm³/mol. The van der Waals surface area contributed by atoms with Gasteiger partial charge in [-0.1, -0.05) is 92.2 Å². The van der Waals surface area contributed by atoms with Gasteiger partial charge < -0.3 is 10.2 Å². The fourth-order valence-corrected chi connectivity index (χ4v) is 5.04. The number of anilines is 1. The van der Waals surface area contributed by atoms with Gasteiger partial charge in [-0.3, -0.25) is 13.9 Å². The summed E-state index contributed by atoms with van der Waals surface area (Å²) in [6.45, 7) is 6.19. The van der Waals surface area contributed by atoms with E-state index in [4.69, 9.17) is 0 Å². The van der Waals surface area contributed by atoms with Crippen molar-refractivity contribution in [1.82, 2.24) is 10.2 Å². The molecule has 0 heterocycles. The van der Waals surface area contributed by atoms with Crippen LogP contribution >= 0.6 is 0 Å². The van der Waals surface area contributed by atoms with Gasteiger partial charge in [-0.2, -0.15) is 0 Å². The van der Waals surface area contributed by atoms with Gasteiger partial charge in [0.15, 0.2) is 0 Å². The summed E-state index contributed by atoms with van der Waals surface area (Å²) in [5.41, 5.74) is 3.18. The minimum absolute atomic E-state index is 0.166. The maximum atomic E-state index is 14.0. The van der Waals surface area contributed by atoms with Gasteiger partial charge in [0, 0.05) is 19.5 Å². The zero-order chi connectivity index (χ0) is 27.7. The van der Waals surface area contributed by atoms with Crippen molar-refractivity contribution in [3.05, 3.63) is 102 Å². The Bertz CT molecular complexity index is 1310. The van der Waals surface area contributed by atoms with Crippen LogP contribution in [0.2, 0.25) is 0 Å². The Morgan fingerprint density at radius 2 is 1.47 bits per heavy atom. The summed E-state index contributed by atoms with van der Waals surface area (Å²) in [5.74, 6) is -0.494. The Morgan fingerprint density at radius 3 is 2.05 bits per heavy atom. The topological polar surface area (TPSA) is 86.8 Å². The number of amides is 2. The average molecular weight is 536 g/mol. The fraction of sp³-hybridized carbons (Fsp3) is 0.333. The maximum absolute atomic E-state index is 14.0. The number of aryl methyl sites for hydroxylation is 1. The molecule has 1 N–H and O–H groups in total. The van der Waals surface area contributed by atoms with Crippen LogP contribution in [0.15, 0.2) is 84.9 Å². The summed E-state index contributed by atoms with van der Waals surface area (Å²) in [7, 11) is -3.77. The van der Waals surface area contributed by atoms with Crippen LogP contribution in [0.3, 0.4) is 0 Å². The van der Waals surface area contributed by atoms with Crippen molar-refractivity contribution in [2.24, 2.45) is 5.92 Å². The molecule has 3 rings (SSSR count). The molecule has 0 fully saturated rings. The molecular weight excluding hydrogens is 498 g/mol. The molecule has 1 atom stereocenters. The summed E-state index contributed by atoms with van der Waals surface area (Å²) in [5, 5.41) is 2.99. The van der Waals surface area contributed by atoms with E-state index in [1.807, 2.05) is 75.4 Å². The molecule has 202 valence electrons. The molecule has 3 aromatic carbocycles. The van der Waals surface area contributed by atoms with E-state index >= 15 is 0 Å². The highest BCUT2D eigenvalue weighted by molar-refractivity contribution is 7.92. The number of hydrogen-bond donors (Lipinski definition) is 1. The highest BCUT2D eigenvalue weighted by Crippen LogP contribution is 2.20. The van der Waals surface area contributed by atoms with Gasteiger partial charge in [-0.05, 0) is 36.1 Å². The molecule has 2 amide bonds. The molecule has 0 bridgehead atoms. The molecule has 38 heavy (non-hydrogen) atoms. The van der Waals surface area contributed by atoms with Crippen LogP contribution in [-0.4, -0.2) is 50.5 Å². The molecule has 7 nitrogen and oxygen atoms in total. The maximum Gasteiger partial charge on any atom is 0.244 e. The number of hydrogen-bond acceptors (Lipinski definition) is 4. The zero-order valence-electron chi connectivity index (χ0n) is 22.5. The van der Waals surface area contributed by atoms with Crippen LogP contribution < -0.4 is 9.62 Å². The Balaban J connectivity index is 2.03. The molecule has 0 aliphatic heterocycles. The Labute approximate surface area is 226 Å². The lowest BCUT2D eigenvalue weighted by Gasteiger charge is -2.33. The smallest absolute Gasteiger partial charge is 0.244 e. The standard InChI is InChI=1S/C30H37N3O4S/c1-23(2)20-31-30(35)28(19-25-13-7-5-8-14-25)32(21-26-15-11-12-24(3)18-26)29(34)22-33(38(4,36)37)27-16-9-6-10-17-27/h5-18,23,28H,19-22H2,1-4H3,(H,31,35). The van der Waals surface area contributed by atoms with Crippen molar-refractivity contribution in [2.45, 2.75) is 39.8 Å². The van der Waals surface area contributed by atoms with E-state index in [1.165, 1.54) is 4.90 Å². The lowest BCUT2D eigenvalue weighted by Crippen LogP contribution is -2.53. The Morgan fingerprint density at radius 1 is 0.868 bits per heavy atom. The van der Waals surface area contributed by atoms with Crippen LogP contribution in [0.4, 0.5) is 5.69 Å². The number of carbonyl (C=O) groups is 2. The second-order valence-electron chi connectivity index (χ2n) is 9.96. The van der Waals surface area contributed by atoms with Gasteiger partial charge in [0.25, 0.3) is 0 Å². The van der Waals surface area contributed by atoms with E-state index in [2.05, 4.69) is 5.32 Å². The number of sulfonamides is 1. The molecule has 0 radical (unpaired) electrons. The van der Waals surface area contributed by atoms with Crippen LogP contribution in [0.5, 0.6) is 0 Å². The number of rotatable bonds is 12. The first-order chi connectivity index (χ1) is 18.0. The number of nitrogens with zero attached hydrogens (tertiary/aromatic N) is 2. The van der Waals surface area contributed by atoms with E-state index in [1.54, 1.807) is 30.3 Å². The first kappa shape index (κ1) is 28.9. The lowest BCUT2D eigenvalue weighted by atomic mass is 10.0. The number of benzene rings is 3. The molecular formula is C30H37N3O4S. The first-order valence-electron chi connectivity index (χ1n) is 12.7. The third kappa shape index (κ3) is 8.45. The predicted octanol–water partition coefficient (Wildman–Crippen LogP) is 4.17. The molecule has 8 heteroatoms. The normalized spacial score (nSPS) is 12.1. The van der Waals surface area contributed by atoms with Crippen molar-refractivity contribution < 1.29 is 18.0 Å². The minimum atomic E-state index is -3.77. The Kier molecular flexibility index (Phi) is 10.1. The zero-order valence-corrected chi connectivity index (χ0v) is 23.3.